The van der Waals surface area contributed by atoms with Crippen LogP contribution in [0.3, 0.4) is 0 Å². The van der Waals surface area contributed by atoms with Crippen LogP contribution >= 0.6 is 15.9 Å². The molecule has 1 heterocycles. The molecule has 7 heteroatoms. The number of alkyl halides is 1. The van der Waals surface area contributed by atoms with Gasteiger partial charge in [0.1, 0.15) is 0 Å². The van der Waals surface area contributed by atoms with Gasteiger partial charge in [0.25, 0.3) is 0 Å². The van der Waals surface area contributed by atoms with Gasteiger partial charge in [-0.05, 0) is 26.1 Å². The van der Waals surface area contributed by atoms with E-state index in [-0.39, 0.29) is 16.2 Å². The maximum absolute atomic E-state index is 12.4. The lowest BCUT2D eigenvalue weighted by atomic mass is 9.87. The Bertz CT molecular complexity index is 526. The highest BCUT2D eigenvalue weighted by Gasteiger charge is 2.33. The van der Waals surface area contributed by atoms with Crippen LogP contribution in [-0.2, 0) is 11.2 Å². The van der Waals surface area contributed by atoms with Crippen LogP contribution < -0.4 is 0 Å². The number of hydrogen-bond acceptors (Lipinski definition) is 4. The summed E-state index contributed by atoms with van der Waals surface area (Å²) in [6, 6.07) is 0. The van der Waals surface area contributed by atoms with Crippen molar-refractivity contribution in [3.05, 3.63) is 23.0 Å². The van der Waals surface area contributed by atoms with Crippen molar-refractivity contribution >= 4 is 34.7 Å². The minimum absolute atomic E-state index is 0.118. The van der Waals surface area contributed by atoms with Crippen molar-refractivity contribution in [2.75, 3.05) is 7.11 Å². The Kier molecular flexibility index (Phi) is 4.15. The number of fused-ring (bicyclic) bond motifs is 1. The monoisotopic (exact) mass is 327 g/mol. The van der Waals surface area contributed by atoms with Crippen LogP contribution in [0.15, 0.2) is 6.20 Å². The predicted molar refractivity (Wildman–Crippen MR) is 75.0 cm³/mol. The zero-order chi connectivity index (χ0) is 14.2. The summed E-state index contributed by atoms with van der Waals surface area (Å²) in [6.07, 6.45) is 3.70. The highest BCUT2D eigenvalue weighted by molar-refractivity contribution is 9.10. The second-order valence-corrected chi connectivity index (χ2v) is 5.72. The molecule has 2 rings (SSSR count). The van der Waals surface area contributed by atoms with Crippen LogP contribution in [0.2, 0.25) is 6.82 Å². The molecule has 0 fully saturated rings. The summed E-state index contributed by atoms with van der Waals surface area (Å²) < 4.78 is 6.29. The first-order valence-electron chi connectivity index (χ1n) is 6.15. The third-order valence-electron chi connectivity index (χ3n) is 3.35. The number of nitrogens with zero attached hydrogens (tertiary/aromatic N) is 1. The molecule has 1 aromatic heterocycles. The van der Waals surface area contributed by atoms with Gasteiger partial charge in [-0.3, -0.25) is 4.79 Å². The smallest absolute Gasteiger partial charge is 0.413 e. The molecule has 1 atom stereocenters. The Morgan fingerprint density at radius 2 is 2.32 bits per heavy atom. The van der Waals surface area contributed by atoms with E-state index in [1.165, 1.54) is 13.3 Å². The predicted octanol–water partition coefficient (Wildman–Crippen LogP) is 1.52. The van der Waals surface area contributed by atoms with Crippen LogP contribution in [0.25, 0.3) is 0 Å². The third-order valence-corrected chi connectivity index (χ3v) is 4.22. The largest absolute Gasteiger partial charge is 0.465 e. The number of halogens is 1. The van der Waals surface area contributed by atoms with Crippen LogP contribution in [0, 0.1) is 0 Å². The van der Waals surface area contributed by atoms with Gasteiger partial charge in [0.05, 0.1) is 23.1 Å². The zero-order valence-corrected chi connectivity index (χ0v) is 12.4. The quantitative estimate of drug-likeness (QED) is 0.387. The van der Waals surface area contributed by atoms with E-state index in [4.69, 9.17) is 4.74 Å². The number of ether oxygens (including phenoxy) is 1. The molecule has 0 aromatic carbocycles. The van der Waals surface area contributed by atoms with E-state index in [0.29, 0.717) is 24.1 Å². The van der Waals surface area contributed by atoms with E-state index in [2.05, 4.69) is 15.9 Å². The van der Waals surface area contributed by atoms with Crippen molar-refractivity contribution in [2.24, 2.45) is 0 Å². The molecule has 0 bridgehead atoms. The molecular formula is C12H15BBrNO4. The van der Waals surface area contributed by atoms with Crippen molar-refractivity contribution in [3.63, 3.8) is 0 Å². The molecule has 0 saturated heterocycles. The van der Waals surface area contributed by atoms with Gasteiger partial charge < -0.3 is 14.2 Å². The van der Waals surface area contributed by atoms with Gasteiger partial charge in [0.2, 0.25) is 0 Å². The van der Waals surface area contributed by atoms with Gasteiger partial charge >= 0.3 is 13.0 Å². The van der Waals surface area contributed by atoms with Crippen LogP contribution in [0.1, 0.15) is 39.3 Å². The number of carbonyl (C=O) groups is 2. The van der Waals surface area contributed by atoms with Crippen molar-refractivity contribution in [3.8, 4) is 0 Å². The Labute approximate surface area is 120 Å². The van der Waals surface area contributed by atoms with Crippen molar-refractivity contribution in [1.29, 1.82) is 0 Å². The SMILES string of the molecule is COC(=O)c1cn(B(C)O)c2c1C(=O)C(Br)CCC2. The molecule has 0 aliphatic heterocycles. The standard InChI is InChI=1S/C12H15BBrNO4/c1-13(18)15-6-7(12(17)19-2)10-9(15)5-3-4-8(14)11(10)16/h6,8,18H,3-5H2,1-2H3. The first-order valence-corrected chi connectivity index (χ1v) is 7.07. The fourth-order valence-electron chi connectivity index (χ4n) is 2.43. The van der Waals surface area contributed by atoms with Gasteiger partial charge in [-0.1, -0.05) is 15.9 Å². The van der Waals surface area contributed by atoms with Gasteiger partial charge in [-0.15, -0.1) is 0 Å². The molecule has 1 aliphatic rings. The molecule has 0 amide bonds. The summed E-state index contributed by atoms with van der Waals surface area (Å²) in [5.41, 5.74) is 1.32. The van der Waals surface area contributed by atoms with Gasteiger partial charge in [0, 0.05) is 11.9 Å². The summed E-state index contributed by atoms with van der Waals surface area (Å²) in [5, 5.41) is 9.78. The fourth-order valence-corrected chi connectivity index (χ4v) is 2.98. The lowest BCUT2D eigenvalue weighted by molar-refractivity contribution is 0.0597. The number of aromatic nitrogens is 1. The van der Waals surface area contributed by atoms with Crippen LogP contribution in [0.4, 0.5) is 0 Å². The molecule has 1 aliphatic carbocycles. The van der Waals surface area contributed by atoms with Crippen LogP contribution in [0.5, 0.6) is 0 Å². The number of carbonyl (C=O) groups excluding carboxylic acids is 2. The second-order valence-electron chi connectivity index (χ2n) is 4.62. The average Bonchev–Trinajstić information content (AvgIpc) is 2.69. The zero-order valence-electron chi connectivity index (χ0n) is 10.9. The van der Waals surface area contributed by atoms with E-state index in [0.717, 1.165) is 6.42 Å². The lowest BCUT2D eigenvalue weighted by Crippen LogP contribution is -2.21. The Morgan fingerprint density at radius 1 is 1.63 bits per heavy atom. The molecular weight excluding hydrogens is 313 g/mol. The fraction of sp³-hybridized carbons (Fsp3) is 0.500. The van der Waals surface area contributed by atoms with E-state index in [1.807, 2.05) is 0 Å². The number of rotatable bonds is 2. The third kappa shape index (κ3) is 2.49. The molecule has 1 N–H and O–H groups in total. The topological polar surface area (TPSA) is 68.5 Å². The molecule has 0 radical (unpaired) electrons. The number of Topliss-reactive ketones (excluding diaryl/α,β-unsaturated/α-hetero) is 1. The molecule has 1 aromatic rings. The first kappa shape index (κ1) is 14.3. The highest BCUT2D eigenvalue weighted by atomic mass is 79.9. The summed E-state index contributed by atoms with van der Waals surface area (Å²) in [7, 11) is 0.494. The maximum Gasteiger partial charge on any atom is 0.413 e. The lowest BCUT2D eigenvalue weighted by Gasteiger charge is -2.08. The molecule has 0 spiro atoms. The van der Waals surface area contributed by atoms with Gasteiger partial charge in [-0.2, -0.15) is 0 Å². The molecule has 5 nitrogen and oxygen atoms in total. The maximum atomic E-state index is 12.4. The van der Waals surface area contributed by atoms with Crippen molar-refractivity contribution in [1.82, 2.24) is 4.48 Å². The van der Waals surface area contributed by atoms with Crippen LogP contribution in [-0.4, -0.2) is 40.2 Å². The summed E-state index contributed by atoms with van der Waals surface area (Å²) in [5.74, 6) is -0.669. The highest BCUT2D eigenvalue weighted by Crippen LogP contribution is 2.29. The minimum atomic E-state index is -0.785. The van der Waals surface area contributed by atoms with Crippen molar-refractivity contribution in [2.45, 2.75) is 30.9 Å². The Hall–Kier alpha value is -1.08. The minimum Gasteiger partial charge on any atom is -0.465 e. The Balaban J connectivity index is 2.64. The van der Waals surface area contributed by atoms with Gasteiger partial charge in [0.15, 0.2) is 5.78 Å². The number of esters is 1. The molecule has 0 saturated carbocycles. The Morgan fingerprint density at radius 3 is 2.89 bits per heavy atom. The summed E-state index contributed by atoms with van der Waals surface area (Å²) in [4.78, 5) is 23.9. The first-order chi connectivity index (χ1) is 8.97. The molecule has 102 valence electrons. The number of methoxy groups -OCH3 is 1. The normalized spacial score (nSPS) is 18.7. The van der Waals surface area contributed by atoms with E-state index < -0.39 is 13.0 Å². The summed E-state index contributed by atoms with van der Waals surface area (Å²) in [6.45, 7) is 1.60. The average molecular weight is 328 g/mol. The van der Waals surface area contributed by atoms with Crippen molar-refractivity contribution < 1.29 is 19.3 Å². The van der Waals surface area contributed by atoms with E-state index in [1.54, 1.807) is 11.3 Å². The molecule has 1 unspecified atom stereocenters. The number of hydrogen-bond donors (Lipinski definition) is 1. The summed E-state index contributed by atoms with van der Waals surface area (Å²) >= 11 is 3.35. The second kappa shape index (κ2) is 5.50. The van der Waals surface area contributed by atoms with Gasteiger partial charge in [-0.25, -0.2) is 4.79 Å². The molecule has 19 heavy (non-hydrogen) atoms. The van der Waals surface area contributed by atoms with E-state index >= 15 is 0 Å². The number of ketones is 1. The van der Waals surface area contributed by atoms with E-state index in [9.17, 15) is 14.6 Å².